The maximum Gasteiger partial charge on any atom is 0.270 e. The number of benzene rings is 2. The van der Waals surface area contributed by atoms with Crippen molar-refractivity contribution < 1.29 is 9.32 Å². The van der Waals surface area contributed by atoms with Crippen LogP contribution < -0.4 is 5.32 Å². The van der Waals surface area contributed by atoms with Gasteiger partial charge in [-0.2, -0.15) is 4.98 Å². The SMILES string of the molecule is Cc1noc(-c2sccc2NC(=O)CC(c2ccccc2)c2ccccc2)n1. The van der Waals surface area contributed by atoms with E-state index in [1.54, 1.807) is 6.92 Å². The fourth-order valence-electron chi connectivity index (χ4n) is 3.15. The van der Waals surface area contributed by atoms with Crippen LogP contribution in [-0.4, -0.2) is 16.0 Å². The van der Waals surface area contributed by atoms with E-state index in [4.69, 9.17) is 4.52 Å². The number of aromatic nitrogens is 2. The number of amides is 1. The van der Waals surface area contributed by atoms with Gasteiger partial charge in [-0.15, -0.1) is 11.3 Å². The molecule has 0 unspecified atom stereocenters. The summed E-state index contributed by atoms with van der Waals surface area (Å²) in [4.78, 5) is 17.9. The molecule has 6 heteroatoms. The van der Waals surface area contributed by atoms with Gasteiger partial charge in [0.25, 0.3) is 5.89 Å². The third-order valence-electron chi connectivity index (χ3n) is 4.45. The molecule has 0 aliphatic heterocycles. The van der Waals surface area contributed by atoms with Crippen molar-refractivity contribution in [3.8, 4) is 10.8 Å². The lowest BCUT2D eigenvalue weighted by molar-refractivity contribution is -0.116. The van der Waals surface area contributed by atoms with E-state index in [2.05, 4.69) is 39.7 Å². The van der Waals surface area contributed by atoms with Gasteiger partial charge < -0.3 is 9.84 Å². The van der Waals surface area contributed by atoms with Crippen molar-refractivity contribution in [2.45, 2.75) is 19.3 Å². The summed E-state index contributed by atoms with van der Waals surface area (Å²) in [5.41, 5.74) is 2.92. The number of thiophene rings is 1. The number of aryl methyl sites for hydroxylation is 1. The molecule has 0 atom stereocenters. The van der Waals surface area contributed by atoms with Gasteiger partial charge in [0.15, 0.2) is 5.82 Å². The average molecular weight is 389 g/mol. The highest BCUT2D eigenvalue weighted by atomic mass is 32.1. The van der Waals surface area contributed by atoms with Crippen LogP contribution in [0.3, 0.4) is 0 Å². The van der Waals surface area contributed by atoms with Gasteiger partial charge in [0.1, 0.15) is 4.88 Å². The minimum atomic E-state index is -0.0615. The number of hydrogen-bond acceptors (Lipinski definition) is 5. The summed E-state index contributed by atoms with van der Waals surface area (Å²) in [5.74, 6) is 0.906. The van der Waals surface area contributed by atoms with Crippen LogP contribution in [0.15, 0.2) is 76.6 Å². The first-order valence-electron chi connectivity index (χ1n) is 8.98. The van der Waals surface area contributed by atoms with Crippen molar-refractivity contribution in [1.82, 2.24) is 10.1 Å². The molecule has 0 radical (unpaired) electrons. The summed E-state index contributed by atoms with van der Waals surface area (Å²) in [7, 11) is 0. The minimum Gasteiger partial charge on any atom is -0.333 e. The maximum atomic E-state index is 12.9. The van der Waals surface area contributed by atoms with E-state index in [9.17, 15) is 4.79 Å². The van der Waals surface area contributed by atoms with Crippen molar-refractivity contribution in [1.29, 1.82) is 0 Å². The van der Waals surface area contributed by atoms with Crippen LogP contribution in [0.5, 0.6) is 0 Å². The fourth-order valence-corrected chi connectivity index (χ4v) is 3.92. The molecule has 0 aliphatic carbocycles. The molecule has 0 saturated carbocycles. The zero-order chi connectivity index (χ0) is 19.3. The number of carbonyl (C=O) groups is 1. The Bertz CT molecular complexity index is 1020. The highest BCUT2D eigenvalue weighted by Gasteiger charge is 2.20. The summed E-state index contributed by atoms with van der Waals surface area (Å²) < 4.78 is 5.25. The first-order valence-corrected chi connectivity index (χ1v) is 9.86. The lowest BCUT2D eigenvalue weighted by Gasteiger charge is -2.18. The highest BCUT2D eigenvalue weighted by molar-refractivity contribution is 7.14. The van der Waals surface area contributed by atoms with Crippen LogP contribution in [0, 0.1) is 6.92 Å². The molecule has 0 spiro atoms. The van der Waals surface area contributed by atoms with Crippen LogP contribution in [-0.2, 0) is 4.79 Å². The molecular weight excluding hydrogens is 370 g/mol. The molecule has 4 aromatic rings. The van der Waals surface area contributed by atoms with Crippen molar-refractivity contribution >= 4 is 22.9 Å². The number of nitrogens with one attached hydrogen (secondary N) is 1. The molecule has 1 N–H and O–H groups in total. The van der Waals surface area contributed by atoms with Gasteiger partial charge in [-0.05, 0) is 29.5 Å². The lowest BCUT2D eigenvalue weighted by atomic mass is 9.88. The fraction of sp³-hybridized carbons (Fsp3) is 0.136. The summed E-state index contributed by atoms with van der Waals surface area (Å²) in [6, 6.07) is 22.0. The Balaban J connectivity index is 1.56. The first-order chi connectivity index (χ1) is 13.7. The Morgan fingerprint density at radius 2 is 1.68 bits per heavy atom. The molecule has 2 aromatic carbocycles. The van der Waals surface area contributed by atoms with Crippen LogP contribution >= 0.6 is 11.3 Å². The number of carbonyl (C=O) groups excluding carboxylic acids is 1. The summed E-state index contributed by atoms with van der Waals surface area (Å²) >= 11 is 1.46. The highest BCUT2D eigenvalue weighted by Crippen LogP contribution is 2.34. The predicted molar refractivity (Wildman–Crippen MR) is 110 cm³/mol. The zero-order valence-corrected chi connectivity index (χ0v) is 16.1. The molecule has 2 aromatic heterocycles. The minimum absolute atomic E-state index is 0.0184. The summed E-state index contributed by atoms with van der Waals surface area (Å²) in [6.07, 6.45) is 0.339. The van der Waals surface area contributed by atoms with Gasteiger partial charge in [-0.25, -0.2) is 0 Å². The Morgan fingerprint density at radius 1 is 1.04 bits per heavy atom. The molecule has 1 amide bonds. The van der Waals surface area contributed by atoms with Gasteiger partial charge >= 0.3 is 0 Å². The Labute approximate surface area is 167 Å². The van der Waals surface area contributed by atoms with Crippen LogP contribution in [0.1, 0.15) is 29.3 Å². The quantitative estimate of drug-likeness (QED) is 0.488. The van der Waals surface area contributed by atoms with Crippen LogP contribution in [0.4, 0.5) is 5.69 Å². The van der Waals surface area contributed by atoms with Gasteiger partial charge in [-0.3, -0.25) is 4.79 Å². The topological polar surface area (TPSA) is 68.0 Å². The van der Waals surface area contributed by atoms with Gasteiger partial charge in [0.05, 0.1) is 5.69 Å². The average Bonchev–Trinajstić information content (AvgIpc) is 3.36. The van der Waals surface area contributed by atoms with Gasteiger partial charge in [-0.1, -0.05) is 65.8 Å². The smallest absolute Gasteiger partial charge is 0.270 e. The van der Waals surface area contributed by atoms with E-state index >= 15 is 0 Å². The standard InChI is InChI=1S/C22H19N3O2S/c1-15-23-22(27-25-15)21-19(12-13-28-21)24-20(26)14-18(16-8-4-2-5-9-16)17-10-6-3-7-11-17/h2-13,18H,14H2,1H3,(H,24,26). The van der Waals surface area contributed by atoms with E-state index in [1.807, 2.05) is 47.8 Å². The Hall–Kier alpha value is -3.25. The number of rotatable bonds is 6. The van der Waals surface area contributed by atoms with Gasteiger partial charge in [0.2, 0.25) is 5.91 Å². The van der Waals surface area contributed by atoms with E-state index in [1.165, 1.54) is 11.3 Å². The second-order valence-electron chi connectivity index (χ2n) is 6.44. The number of nitrogens with zero attached hydrogens (tertiary/aromatic N) is 2. The third-order valence-corrected chi connectivity index (χ3v) is 5.36. The largest absolute Gasteiger partial charge is 0.333 e. The molecule has 2 heterocycles. The van der Waals surface area contributed by atoms with E-state index in [0.717, 1.165) is 16.0 Å². The third kappa shape index (κ3) is 4.02. The molecule has 0 aliphatic rings. The van der Waals surface area contributed by atoms with E-state index < -0.39 is 0 Å². The first kappa shape index (κ1) is 18.1. The molecule has 0 bridgehead atoms. The lowest BCUT2D eigenvalue weighted by Crippen LogP contribution is -2.16. The second kappa shape index (κ2) is 8.19. The molecule has 28 heavy (non-hydrogen) atoms. The van der Waals surface area contributed by atoms with E-state index in [0.29, 0.717) is 23.8 Å². The Kier molecular flexibility index (Phi) is 5.30. The molecule has 4 rings (SSSR count). The summed E-state index contributed by atoms with van der Waals surface area (Å²) in [6.45, 7) is 1.77. The number of anilines is 1. The molecular formula is C22H19N3O2S. The van der Waals surface area contributed by atoms with Gasteiger partial charge in [0, 0.05) is 12.3 Å². The number of hydrogen-bond donors (Lipinski definition) is 1. The zero-order valence-electron chi connectivity index (χ0n) is 15.3. The van der Waals surface area contributed by atoms with Crippen molar-refractivity contribution in [2.24, 2.45) is 0 Å². The van der Waals surface area contributed by atoms with E-state index in [-0.39, 0.29) is 11.8 Å². The molecule has 5 nitrogen and oxygen atoms in total. The summed E-state index contributed by atoms with van der Waals surface area (Å²) in [5, 5.41) is 8.74. The van der Waals surface area contributed by atoms with Crippen molar-refractivity contribution in [2.75, 3.05) is 5.32 Å². The predicted octanol–water partition coefficient (Wildman–Crippen LogP) is 5.27. The molecule has 0 saturated heterocycles. The molecule has 0 fully saturated rings. The Morgan fingerprint density at radius 3 is 2.25 bits per heavy atom. The van der Waals surface area contributed by atoms with Crippen molar-refractivity contribution in [3.05, 3.63) is 89.1 Å². The monoisotopic (exact) mass is 389 g/mol. The van der Waals surface area contributed by atoms with Crippen molar-refractivity contribution in [3.63, 3.8) is 0 Å². The maximum absolute atomic E-state index is 12.9. The van der Waals surface area contributed by atoms with Crippen LogP contribution in [0.25, 0.3) is 10.8 Å². The second-order valence-corrected chi connectivity index (χ2v) is 7.35. The van der Waals surface area contributed by atoms with Crippen LogP contribution in [0.2, 0.25) is 0 Å². The normalized spacial score (nSPS) is 10.9. The molecule has 140 valence electrons.